The lowest BCUT2D eigenvalue weighted by Crippen LogP contribution is -1.91. The van der Waals surface area contributed by atoms with Crippen molar-refractivity contribution in [1.29, 1.82) is 5.26 Å². The Balaban J connectivity index is 4.20. The third-order valence-corrected chi connectivity index (χ3v) is 0.629. The van der Waals surface area contributed by atoms with Crippen LogP contribution in [0, 0.1) is 11.3 Å². The van der Waals surface area contributed by atoms with Gasteiger partial charge in [-0.15, -0.1) is 0 Å². The van der Waals surface area contributed by atoms with E-state index < -0.39 is 5.78 Å². The van der Waals surface area contributed by atoms with Crippen LogP contribution in [-0.2, 0) is 4.79 Å². The Morgan fingerprint density at radius 1 is 1.88 bits per heavy atom. The van der Waals surface area contributed by atoms with Gasteiger partial charge in [0.2, 0.25) is 0 Å². The molecule has 0 aliphatic carbocycles. The SMILES string of the molecule is CC(=O)C(C#N)=CO. The molecule has 0 aromatic rings. The molecule has 0 radical (unpaired) electrons. The maximum Gasteiger partial charge on any atom is 0.173 e. The summed E-state index contributed by atoms with van der Waals surface area (Å²) in [5.74, 6) is -0.421. The first-order valence-electron chi connectivity index (χ1n) is 1.97. The molecule has 0 heterocycles. The quantitative estimate of drug-likeness (QED) is 0.305. The molecule has 0 aliphatic rings. The lowest BCUT2D eigenvalue weighted by atomic mass is 10.2. The smallest absolute Gasteiger partial charge is 0.173 e. The maximum atomic E-state index is 10.2. The molecule has 8 heavy (non-hydrogen) atoms. The number of aliphatic hydroxyl groups excluding tert-OH is 1. The van der Waals surface area contributed by atoms with E-state index in [-0.39, 0.29) is 5.57 Å². The molecule has 1 N–H and O–H groups in total. The third-order valence-electron chi connectivity index (χ3n) is 0.629. The number of hydrogen-bond acceptors (Lipinski definition) is 3. The van der Waals surface area contributed by atoms with E-state index in [0.717, 1.165) is 0 Å². The number of nitriles is 1. The van der Waals surface area contributed by atoms with Crippen molar-refractivity contribution in [3.63, 3.8) is 0 Å². The first-order chi connectivity index (χ1) is 3.72. The Morgan fingerprint density at radius 2 is 2.38 bits per heavy atom. The molecule has 0 aromatic heterocycles. The molecule has 0 fully saturated rings. The summed E-state index contributed by atoms with van der Waals surface area (Å²) in [5.41, 5.74) is -0.218. The number of ketones is 1. The lowest BCUT2D eigenvalue weighted by Gasteiger charge is -1.81. The summed E-state index contributed by atoms with van der Waals surface area (Å²) in [4.78, 5) is 10.2. The van der Waals surface area contributed by atoms with Gasteiger partial charge < -0.3 is 5.11 Å². The molecular formula is C5H5NO2. The van der Waals surface area contributed by atoms with E-state index >= 15 is 0 Å². The highest BCUT2D eigenvalue weighted by atomic mass is 16.2. The zero-order valence-corrected chi connectivity index (χ0v) is 4.38. The van der Waals surface area contributed by atoms with E-state index in [0.29, 0.717) is 6.26 Å². The number of allylic oxidation sites excluding steroid dienone is 1. The maximum absolute atomic E-state index is 10.2. The van der Waals surface area contributed by atoms with Crippen LogP contribution in [0.4, 0.5) is 0 Å². The fourth-order valence-electron chi connectivity index (χ4n) is 0.198. The highest BCUT2D eigenvalue weighted by molar-refractivity contribution is 5.96. The molecule has 0 spiro atoms. The van der Waals surface area contributed by atoms with Crippen molar-refractivity contribution in [2.24, 2.45) is 0 Å². The zero-order chi connectivity index (χ0) is 6.57. The van der Waals surface area contributed by atoms with E-state index in [9.17, 15) is 4.79 Å². The summed E-state index contributed by atoms with van der Waals surface area (Å²) >= 11 is 0. The fourth-order valence-corrected chi connectivity index (χ4v) is 0.198. The molecule has 0 saturated carbocycles. The van der Waals surface area contributed by atoms with Gasteiger partial charge in [-0.2, -0.15) is 5.26 Å². The Kier molecular flexibility index (Phi) is 2.35. The van der Waals surface area contributed by atoms with E-state index in [2.05, 4.69) is 0 Å². The second-order valence-electron chi connectivity index (χ2n) is 1.21. The molecule has 0 aliphatic heterocycles. The predicted molar refractivity (Wildman–Crippen MR) is 27.0 cm³/mol. The Bertz CT molecular complexity index is 164. The summed E-state index contributed by atoms with van der Waals surface area (Å²) in [6.07, 6.45) is 0.502. The summed E-state index contributed by atoms with van der Waals surface area (Å²) in [7, 11) is 0. The number of aliphatic hydroxyl groups is 1. The molecule has 0 unspecified atom stereocenters. The van der Waals surface area contributed by atoms with Gasteiger partial charge >= 0.3 is 0 Å². The summed E-state index contributed by atoms with van der Waals surface area (Å²) in [6, 6.07) is 1.51. The average Bonchev–Trinajstić information content (AvgIpc) is 1.69. The van der Waals surface area contributed by atoms with Gasteiger partial charge in [-0.1, -0.05) is 0 Å². The molecule has 0 rings (SSSR count). The van der Waals surface area contributed by atoms with Gasteiger partial charge in [0.25, 0.3) is 0 Å². The molecule has 42 valence electrons. The minimum atomic E-state index is -0.421. The Labute approximate surface area is 46.9 Å². The Hall–Kier alpha value is -1.30. The molecule has 0 saturated heterocycles. The lowest BCUT2D eigenvalue weighted by molar-refractivity contribution is -0.113. The van der Waals surface area contributed by atoms with Crippen LogP contribution in [-0.4, -0.2) is 10.9 Å². The molecule has 3 heteroatoms. The topological polar surface area (TPSA) is 61.1 Å². The summed E-state index contributed by atoms with van der Waals surface area (Å²) in [5, 5.41) is 16.1. The van der Waals surface area contributed by atoms with Crippen LogP contribution in [0.15, 0.2) is 11.8 Å². The van der Waals surface area contributed by atoms with Crippen LogP contribution in [0.2, 0.25) is 0 Å². The number of rotatable bonds is 1. The standard InChI is InChI=1S/C5H5NO2/c1-4(8)5(2-6)3-7/h3,7H,1H3. The van der Waals surface area contributed by atoms with Crippen molar-refractivity contribution in [1.82, 2.24) is 0 Å². The molecular weight excluding hydrogens is 106 g/mol. The van der Waals surface area contributed by atoms with E-state index in [1.165, 1.54) is 13.0 Å². The first-order valence-corrected chi connectivity index (χ1v) is 1.97. The van der Waals surface area contributed by atoms with Crippen molar-refractivity contribution in [3.8, 4) is 6.07 Å². The zero-order valence-electron chi connectivity index (χ0n) is 4.38. The highest BCUT2D eigenvalue weighted by Gasteiger charge is 1.98. The van der Waals surface area contributed by atoms with E-state index in [4.69, 9.17) is 10.4 Å². The number of nitrogens with zero attached hydrogens (tertiary/aromatic N) is 1. The molecule has 0 atom stereocenters. The van der Waals surface area contributed by atoms with E-state index in [1.807, 2.05) is 0 Å². The van der Waals surface area contributed by atoms with Crippen LogP contribution in [0.1, 0.15) is 6.92 Å². The van der Waals surface area contributed by atoms with Gasteiger partial charge in [-0.05, 0) is 6.92 Å². The van der Waals surface area contributed by atoms with Crippen molar-refractivity contribution < 1.29 is 9.90 Å². The minimum absolute atomic E-state index is 0.218. The molecule has 0 amide bonds. The highest BCUT2D eigenvalue weighted by Crippen LogP contribution is 1.89. The van der Waals surface area contributed by atoms with Gasteiger partial charge in [0.1, 0.15) is 17.9 Å². The number of carbonyl (C=O) groups excluding carboxylic acids is 1. The van der Waals surface area contributed by atoms with Crippen molar-refractivity contribution in [2.75, 3.05) is 0 Å². The second-order valence-corrected chi connectivity index (χ2v) is 1.21. The fraction of sp³-hybridized carbons (Fsp3) is 0.200. The van der Waals surface area contributed by atoms with Crippen LogP contribution < -0.4 is 0 Å². The minimum Gasteiger partial charge on any atom is -0.514 e. The monoisotopic (exact) mass is 111 g/mol. The number of Topliss-reactive ketones (excluding diaryl/α,β-unsaturated/α-hetero) is 1. The number of hydrogen-bond donors (Lipinski definition) is 1. The molecule has 3 nitrogen and oxygen atoms in total. The van der Waals surface area contributed by atoms with Gasteiger partial charge in [-0.3, -0.25) is 4.79 Å². The van der Waals surface area contributed by atoms with Gasteiger partial charge in [-0.25, -0.2) is 0 Å². The summed E-state index contributed by atoms with van der Waals surface area (Å²) in [6.45, 7) is 1.21. The van der Waals surface area contributed by atoms with Gasteiger partial charge in [0.05, 0.1) is 0 Å². The van der Waals surface area contributed by atoms with Crippen LogP contribution in [0.3, 0.4) is 0 Å². The first kappa shape index (κ1) is 6.70. The van der Waals surface area contributed by atoms with Crippen molar-refractivity contribution in [2.45, 2.75) is 6.92 Å². The predicted octanol–water partition coefficient (Wildman–Crippen LogP) is 0.541. The third kappa shape index (κ3) is 1.43. The largest absolute Gasteiger partial charge is 0.514 e. The second kappa shape index (κ2) is 2.80. The molecule has 0 aromatic carbocycles. The van der Waals surface area contributed by atoms with Crippen molar-refractivity contribution in [3.05, 3.63) is 11.8 Å². The van der Waals surface area contributed by atoms with Crippen LogP contribution in [0.5, 0.6) is 0 Å². The Morgan fingerprint density at radius 3 is 2.38 bits per heavy atom. The average molecular weight is 111 g/mol. The number of carbonyl (C=O) groups is 1. The van der Waals surface area contributed by atoms with Crippen LogP contribution >= 0.6 is 0 Å². The molecule has 0 bridgehead atoms. The van der Waals surface area contributed by atoms with Gasteiger partial charge in [0, 0.05) is 0 Å². The van der Waals surface area contributed by atoms with Crippen LogP contribution in [0.25, 0.3) is 0 Å². The van der Waals surface area contributed by atoms with Crippen molar-refractivity contribution >= 4 is 5.78 Å². The van der Waals surface area contributed by atoms with E-state index in [1.54, 1.807) is 0 Å². The van der Waals surface area contributed by atoms with Gasteiger partial charge in [0.15, 0.2) is 5.78 Å². The summed E-state index contributed by atoms with van der Waals surface area (Å²) < 4.78 is 0. The normalized spacial score (nSPS) is 10.2.